The summed E-state index contributed by atoms with van der Waals surface area (Å²) >= 11 is 0. The van der Waals surface area contributed by atoms with E-state index in [0.29, 0.717) is 5.92 Å². The van der Waals surface area contributed by atoms with Crippen LogP contribution in [0.4, 0.5) is 5.82 Å². The fourth-order valence-corrected chi connectivity index (χ4v) is 3.60. The smallest absolute Gasteiger partial charge is 0.151 e. The largest absolute Gasteiger partial charge is 0.354 e. The van der Waals surface area contributed by atoms with Gasteiger partial charge in [0.25, 0.3) is 0 Å². The van der Waals surface area contributed by atoms with Crippen LogP contribution in [0.3, 0.4) is 0 Å². The molecule has 0 aromatic carbocycles. The lowest BCUT2D eigenvalue weighted by Gasteiger charge is -2.40. The number of aryl methyl sites for hydroxylation is 3. The molecule has 4 rings (SSSR count). The minimum atomic E-state index is 0.692. The first-order chi connectivity index (χ1) is 10.8. The molecule has 3 heterocycles. The normalized spacial score (nSPS) is 18.1. The fraction of sp³-hybridized carbons (Fsp3) is 0.588. The van der Waals surface area contributed by atoms with Crippen LogP contribution in [0.5, 0.6) is 0 Å². The van der Waals surface area contributed by atoms with E-state index in [0.717, 1.165) is 38.3 Å². The van der Waals surface area contributed by atoms with Gasteiger partial charge >= 0.3 is 0 Å². The zero-order valence-electron chi connectivity index (χ0n) is 13.2. The molecule has 1 aliphatic heterocycles. The molecule has 5 heteroatoms. The third kappa shape index (κ3) is 2.49. The monoisotopic (exact) mass is 297 g/mol. The maximum Gasteiger partial charge on any atom is 0.151 e. The Hall–Kier alpha value is -1.91. The van der Waals surface area contributed by atoms with Crippen LogP contribution in [-0.4, -0.2) is 32.8 Å². The highest BCUT2D eigenvalue weighted by molar-refractivity contribution is 5.44. The number of aromatic nitrogens is 4. The van der Waals surface area contributed by atoms with Gasteiger partial charge in [0.05, 0.1) is 5.69 Å². The predicted octanol–water partition coefficient (Wildman–Crippen LogP) is 2.25. The number of rotatable bonds is 4. The van der Waals surface area contributed by atoms with Gasteiger partial charge in [-0.15, -0.1) is 5.10 Å². The summed E-state index contributed by atoms with van der Waals surface area (Å²) in [5.74, 6) is 2.95. The summed E-state index contributed by atoms with van der Waals surface area (Å²) in [4.78, 5) is 6.75. The van der Waals surface area contributed by atoms with E-state index in [1.807, 2.05) is 6.20 Å². The van der Waals surface area contributed by atoms with Crippen molar-refractivity contribution in [2.45, 2.75) is 45.6 Å². The Labute approximate surface area is 131 Å². The average molecular weight is 297 g/mol. The topological polar surface area (TPSA) is 46.8 Å². The highest BCUT2D eigenvalue weighted by atomic mass is 15.3. The molecule has 0 unspecified atom stereocenters. The van der Waals surface area contributed by atoms with E-state index in [-0.39, 0.29) is 0 Å². The van der Waals surface area contributed by atoms with E-state index < -0.39 is 0 Å². The minimum absolute atomic E-state index is 0.692. The van der Waals surface area contributed by atoms with E-state index in [1.54, 1.807) is 0 Å². The fourth-order valence-electron chi connectivity index (χ4n) is 3.60. The minimum Gasteiger partial charge on any atom is -0.354 e. The lowest BCUT2D eigenvalue weighted by Crippen LogP contribution is -2.49. The molecular formula is C17H23N5. The van der Waals surface area contributed by atoms with Gasteiger partial charge in [-0.2, -0.15) is 5.10 Å². The summed E-state index contributed by atoms with van der Waals surface area (Å²) in [7, 11) is 0. The van der Waals surface area contributed by atoms with Gasteiger partial charge in [0.15, 0.2) is 5.82 Å². The van der Waals surface area contributed by atoms with Crippen LogP contribution in [0.25, 0.3) is 0 Å². The van der Waals surface area contributed by atoms with Gasteiger partial charge in [-0.1, -0.05) is 6.92 Å². The lowest BCUT2D eigenvalue weighted by atomic mass is 9.95. The molecule has 0 saturated carbocycles. The molecule has 0 bridgehead atoms. The van der Waals surface area contributed by atoms with Crippen molar-refractivity contribution in [1.82, 2.24) is 19.7 Å². The Morgan fingerprint density at radius 3 is 2.91 bits per heavy atom. The molecule has 5 nitrogen and oxygen atoms in total. The molecule has 0 radical (unpaired) electrons. The van der Waals surface area contributed by atoms with Gasteiger partial charge in [0, 0.05) is 44.4 Å². The van der Waals surface area contributed by atoms with Crippen molar-refractivity contribution in [3.05, 3.63) is 35.5 Å². The summed E-state index contributed by atoms with van der Waals surface area (Å²) in [6.07, 6.45) is 9.83. The summed E-state index contributed by atoms with van der Waals surface area (Å²) in [5, 5.41) is 8.88. The number of nitrogens with zero attached hydrogens (tertiary/aromatic N) is 5. The van der Waals surface area contributed by atoms with E-state index in [4.69, 9.17) is 0 Å². The Morgan fingerprint density at radius 1 is 1.18 bits per heavy atom. The number of imidazole rings is 1. The van der Waals surface area contributed by atoms with Gasteiger partial charge in [-0.3, -0.25) is 0 Å². The highest BCUT2D eigenvalue weighted by Gasteiger charge is 2.29. The van der Waals surface area contributed by atoms with Crippen molar-refractivity contribution in [3.63, 3.8) is 0 Å². The van der Waals surface area contributed by atoms with Crippen molar-refractivity contribution >= 4 is 5.82 Å². The van der Waals surface area contributed by atoms with Gasteiger partial charge in [-0.05, 0) is 37.3 Å². The molecule has 0 amide bonds. The Balaban J connectivity index is 1.39. The van der Waals surface area contributed by atoms with Crippen LogP contribution in [0.1, 0.15) is 36.8 Å². The number of hydrogen-bond acceptors (Lipinski definition) is 4. The molecule has 0 atom stereocenters. The molecule has 1 fully saturated rings. The Kier molecular flexibility index (Phi) is 3.56. The van der Waals surface area contributed by atoms with Gasteiger partial charge < -0.3 is 9.47 Å². The van der Waals surface area contributed by atoms with Gasteiger partial charge in [0.1, 0.15) is 5.82 Å². The van der Waals surface area contributed by atoms with Crippen LogP contribution < -0.4 is 4.90 Å². The van der Waals surface area contributed by atoms with Crippen LogP contribution in [-0.2, 0) is 25.8 Å². The molecule has 0 spiro atoms. The third-order valence-electron chi connectivity index (χ3n) is 4.91. The van der Waals surface area contributed by atoms with E-state index >= 15 is 0 Å². The summed E-state index contributed by atoms with van der Waals surface area (Å²) < 4.78 is 2.29. The van der Waals surface area contributed by atoms with Crippen LogP contribution in [0.15, 0.2) is 18.5 Å². The zero-order chi connectivity index (χ0) is 14.9. The second-order valence-corrected chi connectivity index (χ2v) is 6.50. The molecule has 116 valence electrons. The zero-order valence-corrected chi connectivity index (χ0v) is 13.2. The first kappa shape index (κ1) is 13.7. The second-order valence-electron chi connectivity index (χ2n) is 6.50. The highest BCUT2D eigenvalue weighted by Crippen LogP contribution is 2.27. The third-order valence-corrected chi connectivity index (χ3v) is 4.91. The first-order valence-electron chi connectivity index (χ1n) is 8.44. The molecular weight excluding hydrogens is 274 g/mol. The summed E-state index contributed by atoms with van der Waals surface area (Å²) in [6.45, 7) is 5.39. The van der Waals surface area contributed by atoms with E-state index in [9.17, 15) is 0 Å². The predicted molar refractivity (Wildman–Crippen MR) is 86.0 cm³/mol. The van der Waals surface area contributed by atoms with Crippen molar-refractivity contribution in [1.29, 1.82) is 0 Å². The number of hydrogen-bond donors (Lipinski definition) is 0. The standard InChI is InChI=1S/C17H23N5/c1-2-16-18-7-8-21(16)10-13-11-22(12-13)17-9-14-5-3-4-6-15(14)19-20-17/h7-9,13H,2-6,10-12H2,1H3. The molecule has 2 aromatic heterocycles. The SMILES string of the molecule is CCc1nccn1CC1CN(c2cc3c(nn2)CCCC3)C1. The Morgan fingerprint density at radius 2 is 2.05 bits per heavy atom. The lowest BCUT2D eigenvalue weighted by molar-refractivity contribution is 0.350. The van der Waals surface area contributed by atoms with Crippen LogP contribution >= 0.6 is 0 Å². The van der Waals surface area contributed by atoms with Crippen molar-refractivity contribution in [2.24, 2.45) is 5.92 Å². The molecule has 1 saturated heterocycles. The molecule has 22 heavy (non-hydrogen) atoms. The molecule has 2 aliphatic rings. The quantitative estimate of drug-likeness (QED) is 0.868. The Bertz CT molecular complexity index is 657. The van der Waals surface area contributed by atoms with Gasteiger partial charge in [-0.25, -0.2) is 4.98 Å². The molecule has 1 aliphatic carbocycles. The van der Waals surface area contributed by atoms with Crippen molar-refractivity contribution in [3.8, 4) is 0 Å². The summed E-state index contributed by atoms with van der Waals surface area (Å²) in [5.41, 5.74) is 2.64. The van der Waals surface area contributed by atoms with E-state index in [2.05, 4.69) is 43.8 Å². The van der Waals surface area contributed by atoms with Crippen molar-refractivity contribution in [2.75, 3.05) is 18.0 Å². The van der Waals surface area contributed by atoms with Gasteiger partial charge in [0.2, 0.25) is 0 Å². The molecule has 2 aromatic rings. The first-order valence-corrected chi connectivity index (χ1v) is 8.44. The summed E-state index contributed by atoms with van der Waals surface area (Å²) in [6, 6.07) is 2.27. The van der Waals surface area contributed by atoms with Crippen LogP contribution in [0, 0.1) is 5.92 Å². The molecule has 0 N–H and O–H groups in total. The average Bonchev–Trinajstić information content (AvgIpc) is 2.97. The maximum absolute atomic E-state index is 4.44. The second kappa shape index (κ2) is 5.71. The number of fused-ring (bicyclic) bond motifs is 1. The number of anilines is 1. The van der Waals surface area contributed by atoms with Crippen molar-refractivity contribution < 1.29 is 0 Å². The van der Waals surface area contributed by atoms with Crippen LogP contribution in [0.2, 0.25) is 0 Å². The maximum atomic E-state index is 4.44. The van der Waals surface area contributed by atoms with E-state index in [1.165, 1.54) is 36.3 Å².